The average molecular weight is 272 g/mol. The van der Waals surface area contributed by atoms with Crippen LogP contribution in [-0.2, 0) is 9.47 Å². The molecule has 1 heterocycles. The zero-order chi connectivity index (χ0) is 13.9. The van der Waals surface area contributed by atoms with Gasteiger partial charge in [0, 0.05) is 33.9 Å². The van der Waals surface area contributed by atoms with Crippen LogP contribution in [0.1, 0.15) is 25.7 Å². The first kappa shape index (κ1) is 15.2. The summed E-state index contributed by atoms with van der Waals surface area (Å²) < 4.78 is 10.9. The van der Waals surface area contributed by atoms with Gasteiger partial charge in [0.1, 0.15) is 0 Å². The van der Waals surface area contributed by atoms with Crippen LogP contribution in [0.15, 0.2) is 0 Å². The van der Waals surface area contributed by atoms with Gasteiger partial charge in [0.25, 0.3) is 0 Å². The summed E-state index contributed by atoms with van der Waals surface area (Å²) in [4.78, 5) is 2.37. The summed E-state index contributed by atoms with van der Waals surface area (Å²) >= 11 is 0. The molecule has 2 rings (SSSR count). The van der Waals surface area contributed by atoms with Gasteiger partial charge in [-0.25, -0.2) is 0 Å². The van der Waals surface area contributed by atoms with Crippen molar-refractivity contribution in [3.05, 3.63) is 0 Å². The Morgan fingerprint density at radius 2 is 1.89 bits per heavy atom. The van der Waals surface area contributed by atoms with Crippen LogP contribution in [0.25, 0.3) is 0 Å². The van der Waals surface area contributed by atoms with Crippen LogP contribution >= 0.6 is 0 Å². The molecule has 4 atom stereocenters. The molecule has 1 saturated carbocycles. The third-order valence-corrected chi connectivity index (χ3v) is 4.97. The molecule has 0 spiro atoms. The van der Waals surface area contributed by atoms with E-state index in [0.717, 1.165) is 45.3 Å². The van der Waals surface area contributed by atoms with Gasteiger partial charge in [0.05, 0.1) is 17.8 Å². The number of ether oxygens (including phenoxy) is 2. The monoisotopic (exact) mass is 272 g/mol. The van der Waals surface area contributed by atoms with E-state index in [1.54, 1.807) is 14.2 Å². The molecular weight excluding hydrogens is 244 g/mol. The zero-order valence-corrected chi connectivity index (χ0v) is 12.2. The summed E-state index contributed by atoms with van der Waals surface area (Å²) in [5, 5.41) is 10.4. The zero-order valence-electron chi connectivity index (χ0n) is 12.2. The molecule has 1 aliphatic heterocycles. The topological polar surface area (TPSA) is 68.0 Å². The fourth-order valence-electron chi connectivity index (χ4n) is 3.60. The lowest BCUT2D eigenvalue weighted by atomic mass is 9.88. The van der Waals surface area contributed by atoms with E-state index in [1.807, 2.05) is 0 Å². The largest absolute Gasteiger partial charge is 0.388 e. The standard InChI is InChI=1S/C14H28N2O3/c1-18-12-8-16(9-13(12)19-2)7-5-11-4-3-6-14(11,17)10-15/h11-13,17H,3-10,15H2,1-2H3. The van der Waals surface area contributed by atoms with Crippen molar-refractivity contribution in [1.29, 1.82) is 0 Å². The lowest BCUT2D eigenvalue weighted by Crippen LogP contribution is -2.42. The predicted octanol–water partition coefficient (Wildman–Crippen LogP) is 0.212. The van der Waals surface area contributed by atoms with E-state index in [1.165, 1.54) is 0 Å². The molecule has 0 aromatic heterocycles. The fraction of sp³-hybridized carbons (Fsp3) is 1.00. The average Bonchev–Trinajstić information content (AvgIpc) is 3.00. The molecule has 0 bridgehead atoms. The summed E-state index contributed by atoms with van der Waals surface area (Å²) in [6, 6.07) is 0. The van der Waals surface area contributed by atoms with Gasteiger partial charge < -0.3 is 20.3 Å². The molecule has 5 nitrogen and oxygen atoms in total. The van der Waals surface area contributed by atoms with Crippen LogP contribution in [0.3, 0.4) is 0 Å². The molecule has 112 valence electrons. The molecule has 1 aliphatic carbocycles. The van der Waals surface area contributed by atoms with Gasteiger partial charge in [-0.3, -0.25) is 4.90 Å². The molecule has 1 saturated heterocycles. The van der Waals surface area contributed by atoms with Crippen LogP contribution in [0, 0.1) is 5.92 Å². The summed E-state index contributed by atoms with van der Waals surface area (Å²) in [5.74, 6) is 0.347. The summed E-state index contributed by atoms with van der Waals surface area (Å²) in [6.45, 7) is 3.22. The first-order valence-electron chi connectivity index (χ1n) is 7.33. The third kappa shape index (κ3) is 3.28. The van der Waals surface area contributed by atoms with Crippen molar-refractivity contribution in [3.63, 3.8) is 0 Å². The minimum atomic E-state index is -0.624. The number of aliphatic hydroxyl groups is 1. The molecule has 0 aromatic carbocycles. The van der Waals surface area contributed by atoms with Crippen molar-refractivity contribution in [2.75, 3.05) is 40.4 Å². The van der Waals surface area contributed by atoms with Crippen molar-refractivity contribution in [2.45, 2.75) is 43.5 Å². The van der Waals surface area contributed by atoms with Crippen LogP contribution in [-0.4, -0.2) is 68.2 Å². The number of nitrogens with zero attached hydrogens (tertiary/aromatic N) is 1. The quantitative estimate of drug-likeness (QED) is 0.723. The highest BCUT2D eigenvalue weighted by Gasteiger charge is 2.40. The first-order chi connectivity index (χ1) is 9.12. The van der Waals surface area contributed by atoms with E-state index < -0.39 is 5.60 Å². The van der Waals surface area contributed by atoms with Crippen LogP contribution < -0.4 is 5.73 Å². The highest BCUT2D eigenvalue weighted by molar-refractivity contribution is 4.94. The smallest absolute Gasteiger partial charge is 0.0971 e. The first-order valence-corrected chi connectivity index (χ1v) is 7.33. The number of likely N-dealkylation sites (tertiary alicyclic amines) is 1. The van der Waals surface area contributed by atoms with Gasteiger partial charge in [-0.05, 0) is 31.7 Å². The van der Waals surface area contributed by atoms with E-state index in [0.29, 0.717) is 12.5 Å². The Hall–Kier alpha value is -0.200. The Labute approximate surface area is 116 Å². The highest BCUT2D eigenvalue weighted by Crippen LogP contribution is 2.37. The number of rotatable bonds is 6. The van der Waals surface area contributed by atoms with E-state index in [9.17, 15) is 5.11 Å². The Bertz CT molecular complexity index is 278. The maximum absolute atomic E-state index is 10.4. The minimum Gasteiger partial charge on any atom is -0.388 e. The van der Waals surface area contributed by atoms with Gasteiger partial charge in [0.15, 0.2) is 0 Å². The molecule has 4 unspecified atom stereocenters. The van der Waals surface area contributed by atoms with E-state index >= 15 is 0 Å². The highest BCUT2D eigenvalue weighted by atomic mass is 16.5. The molecule has 3 N–H and O–H groups in total. The summed E-state index contributed by atoms with van der Waals surface area (Å²) in [5.41, 5.74) is 5.10. The molecule has 0 aromatic rings. The summed E-state index contributed by atoms with van der Waals surface area (Å²) in [6.07, 6.45) is 4.41. The second-order valence-corrected chi connectivity index (χ2v) is 5.99. The van der Waals surface area contributed by atoms with Crippen LogP contribution in [0.2, 0.25) is 0 Å². The normalized spacial score (nSPS) is 40.1. The van der Waals surface area contributed by atoms with Gasteiger partial charge in [-0.15, -0.1) is 0 Å². The van der Waals surface area contributed by atoms with Crippen LogP contribution in [0.4, 0.5) is 0 Å². The number of methoxy groups -OCH3 is 2. The van der Waals surface area contributed by atoms with Crippen molar-refractivity contribution >= 4 is 0 Å². The van der Waals surface area contributed by atoms with Crippen LogP contribution in [0.5, 0.6) is 0 Å². The van der Waals surface area contributed by atoms with Crippen molar-refractivity contribution in [1.82, 2.24) is 4.90 Å². The number of nitrogens with two attached hydrogens (primary N) is 1. The molecule has 5 heteroatoms. The van der Waals surface area contributed by atoms with E-state index in [2.05, 4.69) is 4.90 Å². The van der Waals surface area contributed by atoms with E-state index in [4.69, 9.17) is 15.2 Å². The number of hydrogen-bond donors (Lipinski definition) is 2. The molecule has 19 heavy (non-hydrogen) atoms. The molecule has 2 fully saturated rings. The maximum Gasteiger partial charge on any atom is 0.0971 e. The Balaban J connectivity index is 1.80. The Morgan fingerprint density at radius 1 is 1.26 bits per heavy atom. The van der Waals surface area contributed by atoms with Crippen molar-refractivity contribution in [3.8, 4) is 0 Å². The van der Waals surface area contributed by atoms with Crippen molar-refractivity contribution < 1.29 is 14.6 Å². The second-order valence-electron chi connectivity index (χ2n) is 5.99. The molecular formula is C14H28N2O3. The molecule has 0 radical (unpaired) electrons. The SMILES string of the molecule is COC1CN(CCC2CCCC2(O)CN)CC1OC. The summed E-state index contributed by atoms with van der Waals surface area (Å²) in [7, 11) is 3.48. The van der Waals surface area contributed by atoms with Gasteiger partial charge in [0.2, 0.25) is 0 Å². The number of hydrogen-bond acceptors (Lipinski definition) is 5. The third-order valence-electron chi connectivity index (χ3n) is 4.97. The molecule has 0 amide bonds. The maximum atomic E-state index is 10.4. The van der Waals surface area contributed by atoms with Gasteiger partial charge in [-0.2, -0.15) is 0 Å². The van der Waals surface area contributed by atoms with Gasteiger partial charge in [-0.1, -0.05) is 6.42 Å². The molecule has 2 aliphatic rings. The fourth-order valence-corrected chi connectivity index (χ4v) is 3.60. The second kappa shape index (κ2) is 6.50. The lowest BCUT2D eigenvalue weighted by molar-refractivity contribution is -0.00461. The lowest BCUT2D eigenvalue weighted by Gasteiger charge is -2.30. The predicted molar refractivity (Wildman–Crippen MR) is 74.0 cm³/mol. The Morgan fingerprint density at radius 3 is 2.42 bits per heavy atom. The van der Waals surface area contributed by atoms with Crippen molar-refractivity contribution in [2.24, 2.45) is 11.7 Å². The minimum absolute atomic E-state index is 0.168. The van der Waals surface area contributed by atoms with E-state index in [-0.39, 0.29) is 12.2 Å². The van der Waals surface area contributed by atoms with Gasteiger partial charge >= 0.3 is 0 Å². The Kier molecular flexibility index (Phi) is 5.20.